The highest BCUT2D eigenvalue weighted by atomic mass is 16.3. The topological polar surface area (TPSA) is 87.5 Å². The van der Waals surface area contributed by atoms with E-state index < -0.39 is 17.2 Å². The largest absolute Gasteiger partial charge is 0.501 e. The van der Waals surface area contributed by atoms with Crippen molar-refractivity contribution in [3.63, 3.8) is 0 Å². The Bertz CT molecular complexity index is 871. The molecule has 1 amide bonds. The first-order valence-electron chi connectivity index (χ1n) is 7.90. The van der Waals surface area contributed by atoms with Gasteiger partial charge in [0.15, 0.2) is 5.69 Å². The van der Waals surface area contributed by atoms with Gasteiger partial charge in [0.05, 0.1) is 12.2 Å². The van der Waals surface area contributed by atoms with Gasteiger partial charge >= 0.3 is 0 Å². The Morgan fingerprint density at radius 3 is 2.71 bits per heavy atom. The summed E-state index contributed by atoms with van der Waals surface area (Å²) in [5, 5.41) is 12.8. The maximum absolute atomic E-state index is 12.4. The van der Waals surface area contributed by atoms with Gasteiger partial charge in [0.25, 0.3) is 11.5 Å². The zero-order valence-corrected chi connectivity index (χ0v) is 13.3. The molecular formula is C17H18N4O3. The third-order valence-corrected chi connectivity index (χ3v) is 4.88. The van der Waals surface area contributed by atoms with Crippen molar-refractivity contribution in [2.45, 2.75) is 31.6 Å². The Labute approximate surface area is 138 Å². The molecule has 1 aliphatic carbocycles. The van der Waals surface area contributed by atoms with Crippen molar-refractivity contribution in [1.82, 2.24) is 19.8 Å². The normalized spacial score (nSPS) is 17.7. The maximum Gasteiger partial charge on any atom is 0.297 e. The predicted molar refractivity (Wildman–Crippen MR) is 86.4 cm³/mol. The molecule has 1 aliphatic heterocycles. The number of rotatable bonds is 3. The number of nitrogens with one attached hydrogen (secondary N) is 1. The summed E-state index contributed by atoms with van der Waals surface area (Å²) < 4.78 is 1.45. The van der Waals surface area contributed by atoms with Gasteiger partial charge in [-0.25, -0.2) is 4.98 Å². The van der Waals surface area contributed by atoms with E-state index in [9.17, 15) is 14.7 Å². The van der Waals surface area contributed by atoms with Crippen molar-refractivity contribution in [2.75, 3.05) is 7.05 Å². The molecule has 2 N–H and O–H groups in total. The third kappa shape index (κ3) is 2.12. The van der Waals surface area contributed by atoms with E-state index in [-0.39, 0.29) is 11.2 Å². The summed E-state index contributed by atoms with van der Waals surface area (Å²) in [6.45, 7) is 0.699. The minimum absolute atomic E-state index is 0.191. The number of nitrogens with zero attached hydrogens (tertiary/aromatic N) is 3. The Morgan fingerprint density at radius 1 is 1.33 bits per heavy atom. The molecule has 0 saturated heterocycles. The second-order valence-electron chi connectivity index (χ2n) is 6.41. The van der Waals surface area contributed by atoms with Gasteiger partial charge in [-0.1, -0.05) is 30.3 Å². The van der Waals surface area contributed by atoms with Crippen LogP contribution in [0.25, 0.3) is 0 Å². The number of carbonyl (C=O) groups is 1. The molecule has 7 heteroatoms. The van der Waals surface area contributed by atoms with Crippen LogP contribution in [0, 0.1) is 0 Å². The molecule has 0 atom stereocenters. The Kier molecular flexibility index (Phi) is 3.21. The molecule has 2 aromatic rings. The van der Waals surface area contributed by atoms with Gasteiger partial charge in [0.2, 0.25) is 5.75 Å². The quantitative estimate of drug-likeness (QED) is 0.870. The molecular weight excluding hydrogens is 308 g/mol. The van der Waals surface area contributed by atoms with E-state index in [4.69, 9.17) is 0 Å². The molecule has 124 valence electrons. The zero-order valence-electron chi connectivity index (χ0n) is 13.3. The number of fused-ring (bicyclic) bond motifs is 2. The molecule has 1 aromatic carbocycles. The molecule has 1 fully saturated rings. The Balaban J connectivity index is 1.65. The number of hydrogen-bond acceptors (Lipinski definition) is 5. The molecule has 1 spiro atoms. The minimum Gasteiger partial charge on any atom is -0.501 e. The first-order chi connectivity index (χ1) is 11.5. The van der Waals surface area contributed by atoms with Crippen molar-refractivity contribution < 1.29 is 9.90 Å². The van der Waals surface area contributed by atoms with E-state index in [0.29, 0.717) is 19.0 Å². The standard InChI is InChI=1S/C17H18N4O3/c1-20-10-21-15(24)13(22)12(19-16(21)17(20)7-8-17)14(23)18-9-11-5-3-2-4-6-11/h2-6,22H,7-10H2,1H3,(H,18,23). The molecule has 0 unspecified atom stereocenters. The summed E-state index contributed by atoms with van der Waals surface area (Å²) in [5.41, 5.74) is -0.0627. The van der Waals surface area contributed by atoms with Crippen LogP contribution in [0.3, 0.4) is 0 Å². The van der Waals surface area contributed by atoms with Crippen molar-refractivity contribution in [3.05, 3.63) is 57.8 Å². The fraction of sp³-hybridized carbons (Fsp3) is 0.353. The van der Waals surface area contributed by atoms with Gasteiger partial charge < -0.3 is 10.4 Å². The predicted octanol–water partition coefficient (Wildman–Crippen LogP) is 0.771. The molecule has 2 aliphatic rings. The van der Waals surface area contributed by atoms with Crippen LogP contribution >= 0.6 is 0 Å². The van der Waals surface area contributed by atoms with E-state index in [1.54, 1.807) is 0 Å². The van der Waals surface area contributed by atoms with Crippen LogP contribution in [-0.4, -0.2) is 32.5 Å². The van der Waals surface area contributed by atoms with Crippen LogP contribution in [0.5, 0.6) is 5.75 Å². The Hall–Kier alpha value is -2.67. The van der Waals surface area contributed by atoms with Gasteiger partial charge in [-0.2, -0.15) is 0 Å². The number of carbonyl (C=O) groups excluding carboxylic acids is 1. The average molecular weight is 326 g/mol. The average Bonchev–Trinajstić information content (AvgIpc) is 3.34. The summed E-state index contributed by atoms with van der Waals surface area (Å²) in [7, 11) is 1.92. The van der Waals surface area contributed by atoms with Gasteiger partial charge in [0, 0.05) is 6.54 Å². The first kappa shape index (κ1) is 14.9. The summed E-state index contributed by atoms with van der Waals surface area (Å²) in [6.07, 6.45) is 1.82. The van der Waals surface area contributed by atoms with Gasteiger partial charge in [-0.05, 0) is 25.5 Å². The highest BCUT2D eigenvalue weighted by Crippen LogP contribution is 2.52. The van der Waals surface area contributed by atoms with E-state index in [1.807, 2.05) is 42.3 Å². The Morgan fingerprint density at radius 2 is 2.04 bits per heavy atom. The molecule has 4 rings (SSSR count). The molecule has 7 nitrogen and oxygen atoms in total. The summed E-state index contributed by atoms with van der Waals surface area (Å²) >= 11 is 0. The van der Waals surface area contributed by atoms with Crippen LogP contribution in [-0.2, 0) is 18.8 Å². The minimum atomic E-state index is -0.588. The lowest BCUT2D eigenvalue weighted by Gasteiger charge is -2.15. The van der Waals surface area contributed by atoms with Crippen LogP contribution < -0.4 is 10.9 Å². The number of aromatic nitrogens is 2. The number of aromatic hydroxyl groups is 1. The van der Waals surface area contributed by atoms with Crippen molar-refractivity contribution in [1.29, 1.82) is 0 Å². The SMILES string of the molecule is CN1Cn2c(nc(C(=O)NCc3ccccc3)c(O)c2=O)C12CC2. The van der Waals surface area contributed by atoms with Crippen molar-refractivity contribution in [2.24, 2.45) is 0 Å². The molecule has 1 aromatic heterocycles. The van der Waals surface area contributed by atoms with Crippen LogP contribution in [0.1, 0.15) is 34.7 Å². The van der Waals surface area contributed by atoms with Crippen LogP contribution in [0.4, 0.5) is 0 Å². The third-order valence-electron chi connectivity index (χ3n) is 4.88. The maximum atomic E-state index is 12.4. The highest BCUT2D eigenvalue weighted by Gasteiger charge is 2.55. The zero-order chi connectivity index (χ0) is 16.9. The fourth-order valence-electron chi connectivity index (χ4n) is 3.29. The lowest BCUT2D eigenvalue weighted by atomic mass is 10.2. The highest BCUT2D eigenvalue weighted by molar-refractivity contribution is 5.94. The van der Waals surface area contributed by atoms with Gasteiger partial charge in [0.1, 0.15) is 5.82 Å². The van der Waals surface area contributed by atoms with E-state index >= 15 is 0 Å². The number of amides is 1. The van der Waals surface area contributed by atoms with Gasteiger partial charge in [-0.3, -0.25) is 19.1 Å². The van der Waals surface area contributed by atoms with Crippen LogP contribution in [0.15, 0.2) is 35.1 Å². The smallest absolute Gasteiger partial charge is 0.297 e. The fourth-order valence-corrected chi connectivity index (χ4v) is 3.29. The van der Waals surface area contributed by atoms with E-state index in [1.165, 1.54) is 4.57 Å². The second-order valence-corrected chi connectivity index (χ2v) is 6.41. The second kappa shape index (κ2) is 5.17. The summed E-state index contributed by atoms with van der Waals surface area (Å²) in [5.74, 6) is -0.546. The first-order valence-corrected chi connectivity index (χ1v) is 7.90. The van der Waals surface area contributed by atoms with E-state index in [0.717, 1.165) is 18.4 Å². The lowest BCUT2D eigenvalue weighted by Crippen LogP contribution is -2.30. The lowest BCUT2D eigenvalue weighted by molar-refractivity contribution is 0.0941. The molecule has 24 heavy (non-hydrogen) atoms. The summed E-state index contributed by atoms with van der Waals surface area (Å²) in [6, 6.07) is 9.43. The molecule has 0 bridgehead atoms. The van der Waals surface area contributed by atoms with Crippen molar-refractivity contribution in [3.8, 4) is 5.75 Å². The van der Waals surface area contributed by atoms with Crippen molar-refractivity contribution >= 4 is 5.91 Å². The molecule has 0 radical (unpaired) electrons. The number of hydrogen-bond donors (Lipinski definition) is 2. The monoisotopic (exact) mass is 326 g/mol. The van der Waals surface area contributed by atoms with Crippen LogP contribution in [0.2, 0.25) is 0 Å². The van der Waals surface area contributed by atoms with E-state index in [2.05, 4.69) is 10.3 Å². The van der Waals surface area contributed by atoms with Gasteiger partial charge in [-0.15, -0.1) is 0 Å². The summed E-state index contributed by atoms with van der Waals surface area (Å²) in [4.78, 5) is 31.2. The molecule has 1 saturated carbocycles. The molecule has 2 heterocycles. The number of benzene rings is 1.